The van der Waals surface area contributed by atoms with Crippen LogP contribution in [0.2, 0.25) is 0 Å². The van der Waals surface area contributed by atoms with Crippen LogP contribution in [0.5, 0.6) is 0 Å². The van der Waals surface area contributed by atoms with E-state index < -0.39 is 0 Å². The quantitative estimate of drug-likeness (QED) is 0.837. The van der Waals surface area contributed by atoms with Crippen LogP contribution in [0.1, 0.15) is 52.7 Å². The molecule has 2 aromatic rings. The predicted molar refractivity (Wildman–Crippen MR) is 113 cm³/mol. The number of nitrogens with zero attached hydrogens (tertiary/aromatic N) is 1. The molecule has 1 heterocycles. The molecule has 1 aliphatic heterocycles. The van der Waals surface area contributed by atoms with Crippen molar-refractivity contribution in [1.82, 2.24) is 4.90 Å². The van der Waals surface area contributed by atoms with E-state index in [1.165, 1.54) is 0 Å². The van der Waals surface area contributed by atoms with Crippen LogP contribution in [-0.2, 0) is 6.42 Å². The molecule has 0 aromatic heterocycles. The summed E-state index contributed by atoms with van der Waals surface area (Å²) in [6, 6.07) is 16.4. The average molecular weight is 373 g/mol. The number of hydrogen-bond acceptors (Lipinski definition) is 3. The summed E-state index contributed by atoms with van der Waals surface area (Å²) in [6.07, 6.45) is 5.04. The minimum atomic E-state index is 0.157. The highest BCUT2D eigenvalue weighted by atomic mass is 16.1. The molecule has 1 atom stereocenters. The maximum Gasteiger partial charge on any atom is 0.166 e. The van der Waals surface area contributed by atoms with Crippen LogP contribution in [0, 0.1) is 17.8 Å². The lowest BCUT2D eigenvalue weighted by molar-refractivity contribution is 0.0877. The van der Waals surface area contributed by atoms with Gasteiger partial charge in [0.1, 0.15) is 0 Å². The van der Waals surface area contributed by atoms with Crippen molar-refractivity contribution < 1.29 is 4.79 Å². The van der Waals surface area contributed by atoms with Gasteiger partial charge in [0, 0.05) is 28.7 Å². The molecule has 1 fully saturated rings. The van der Waals surface area contributed by atoms with Gasteiger partial charge in [0.2, 0.25) is 0 Å². The third-order valence-electron chi connectivity index (χ3n) is 6.05. The van der Waals surface area contributed by atoms with Crippen LogP contribution in [0.4, 0.5) is 0 Å². The van der Waals surface area contributed by atoms with Gasteiger partial charge >= 0.3 is 0 Å². The van der Waals surface area contributed by atoms with E-state index in [1.54, 1.807) is 0 Å². The van der Waals surface area contributed by atoms with Crippen LogP contribution in [0.25, 0.3) is 0 Å². The molecule has 1 unspecified atom stereocenters. The molecule has 144 valence electrons. The number of carbonyl (C=O) groups excluding carboxylic acids is 1. The first-order valence-electron chi connectivity index (χ1n) is 10.4. The zero-order chi connectivity index (χ0) is 19.3. The standard InChI is InChI=1S/C25H28N2O/c26-23-13-16-27(17-14-23)15-12-21-9-10-22-18-20(8-11-24(22)25(21)28)7-6-19-4-2-1-3-5-19/h1-5,8,11,18,21,23H,9-10,12-17,26H2. The fourth-order valence-electron chi connectivity index (χ4n) is 4.26. The van der Waals surface area contributed by atoms with E-state index in [9.17, 15) is 4.79 Å². The summed E-state index contributed by atoms with van der Waals surface area (Å²) < 4.78 is 0. The zero-order valence-corrected chi connectivity index (χ0v) is 16.4. The summed E-state index contributed by atoms with van der Waals surface area (Å²) in [5, 5.41) is 0. The Bertz CT molecular complexity index is 886. The summed E-state index contributed by atoms with van der Waals surface area (Å²) in [6.45, 7) is 3.16. The van der Waals surface area contributed by atoms with Crippen molar-refractivity contribution >= 4 is 5.78 Å². The Balaban J connectivity index is 1.39. The van der Waals surface area contributed by atoms with E-state index in [-0.39, 0.29) is 5.92 Å². The van der Waals surface area contributed by atoms with Crippen molar-refractivity contribution in [2.24, 2.45) is 11.7 Å². The molecule has 2 N–H and O–H groups in total. The fraction of sp³-hybridized carbons (Fsp3) is 0.400. The van der Waals surface area contributed by atoms with Crippen molar-refractivity contribution in [3.63, 3.8) is 0 Å². The van der Waals surface area contributed by atoms with Gasteiger partial charge in [-0.25, -0.2) is 0 Å². The molecule has 0 radical (unpaired) electrons. The Morgan fingerprint density at radius 3 is 2.50 bits per heavy atom. The molecule has 3 heteroatoms. The fourth-order valence-corrected chi connectivity index (χ4v) is 4.26. The van der Waals surface area contributed by atoms with Crippen LogP contribution >= 0.6 is 0 Å². The third-order valence-corrected chi connectivity index (χ3v) is 6.05. The zero-order valence-electron chi connectivity index (χ0n) is 16.4. The molecule has 0 saturated carbocycles. The Labute approximate surface area is 167 Å². The van der Waals surface area contributed by atoms with E-state index in [4.69, 9.17) is 5.73 Å². The first-order valence-corrected chi connectivity index (χ1v) is 10.4. The molecule has 0 spiro atoms. The number of likely N-dealkylation sites (tertiary alicyclic amines) is 1. The molecular formula is C25H28N2O. The van der Waals surface area contributed by atoms with E-state index >= 15 is 0 Å². The minimum absolute atomic E-state index is 0.157. The molecule has 2 aromatic carbocycles. The molecule has 0 bridgehead atoms. The van der Waals surface area contributed by atoms with Crippen molar-refractivity contribution in [3.8, 4) is 11.8 Å². The average Bonchev–Trinajstić information content (AvgIpc) is 2.74. The number of rotatable bonds is 3. The number of ketones is 1. The van der Waals surface area contributed by atoms with Gasteiger partial charge in [-0.05, 0) is 87.6 Å². The van der Waals surface area contributed by atoms with Crippen molar-refractivity contribution in [1.29, 1.82) is 0 Å². The number of carbonyl (C=O) groups is 1. The van der Waals surface area contributed by atoms with Crippen LogP contribution in [0.15, 0.2) is 48.5 Å². The van der Waals surface area contributed by atoms with E-state index in [0.717, 1.165) is 74.0 Å². The Kier molecular flexibility index (Phi) is 5.90. The summed E-state index contributed by atoms with van der Waals surface area (Å²) in [5.41, 5.74) is 10.0. The highest BCUT2D eigenvalue weighted by Gasteiger charge is 2.28. The molecule has 3 nitrogen and oxygen atoms in total. The SMILES string of the molecule is NC1CCN(CCC2CCc3cc(C#Cc4ccccc4)ccc3C2=O)CC1. The number of Topliss-reactive ketones (excluding diaryl/α,β-unsaturated/α-hetero) is 1. The lowest BCUT2D eigenvalue weighted by Gasteiger charge is -2.32. The Morgan fingerprint density at radius 2 is 1.71 bits per heavy atom. The molecule has 2 aliphatic rings. The van der Waals surface area contributed by atoms with Crippen LogP contribution in [0.3, 0.4) is 0 Å². The second-order valence-corrected chi connectivity index (χ2v) is 8.06. The van der Waals surface area contributed by atoms with E-state index in [2.05, 4.69) is 22.8 Å². The summed E-state index contributed by atoms with van der Waals surface area (Å²) in [5.74, 6) is 6.90. The third kappa shape index (κ3) is 4.52. The topological polar surface area (TPSA) is 46.3 Å². The summed E-state index contributed by atoms with van der Waals surface area (Å²) >= 11 is 0. The molecule has 28 heavy (non-hydrogen) atoms. The maximum absolute atomic E-state index is 13.0. The van der Waals surface area contributed by atoms with Crippen molar-refractivity contribution in [2.45, 2.75) is 38.1 Å². The first-order chi connectivity index (χ1) is 13.7. The van der Waals surface area contributed by atoms with Crippen molar-refractivity contribution in [2.75, 3.05) is 19.6 Å². The van der Waals surface area contributed by atoms with Gasteiger partial charge in [0.25, 0.3) is 0 Å². The van der Waals surface area contributed by atoms with Gasteiger partial charge in [-0.2, -0.15) is 0 Å². The van der Waals surface area contributed by atoms with Crippen molar-refractivity contribution in [3.05, 3.63) is 70.8 Å². The van der Waals surface area contributed by atoms with Gasteiger partial charge < -0.3 is 10.6 Å². The molecule has 4 rings (SSSR count). The van der Waals surface area contributed by atoms with Crippen LogP contribution in [-0.4, -0.2) is 36.4 Å². The normalized spacial score (nSPS) is 20.3. The highest BCUT2D eigenvalue weighted by molar-refractivity contribution is 6.00. The largest absolute Gasteiger partial charge is 0.328 e. The molecular weight excluding hydrogens is 344 g/mol. The predicted octanol–water partition coefficient (Wildman–Crippen LogP) is 3.64. The lowest BCUT2D eigenvalue weighted by atomic mass is 9.80. The summed E-state index contributed by atoms with van der Waals surface area (Å²) in [4.78, 5) is 15.4. The number of aryl methyl sites for hydroxylation is 1. The Hall–Kier alpha value is -2.41. The monoisotopic (exact) mass is 372 g/mol. The number of piperidine rings is 1. The number of benzene rings is 2. The molecule has 0 amide bonds. The molecule has 1 aliphatic carbocycles. The number of fused-ring (bicyclic) bond motifs is 1. The van der Waals surface area contributed by atoms with Gasteiger partial charge in [0.15, 0.2) is 5.78 Å². The number of nitrogens with two attached hydrogens (primary N) is 1. The van der Waals surface area contributed by atoms with Gasteiger partial charge in [-0.15, -0.1) is 0 Å². The minimum Gasteiger partial charge on any atom is -0.328 e. The van der Waals surface area contributed by atoms with Gasteiger partial charge in [0.05, 0.1) is 0 Å². The maximum atomic E-state index is 13.0. The number of hydrogen-bond donors (Lipinski definition) is 1. The summed E-state index contributed by atoms with van der Waals surface area (Å²) in [7, 11) is 0. The van der Waals surface area contributed by atoms with Crippen LogP contribution < -0.4 is 5.73 Å². The van der Waals surface area contributed by atoms with Gasteiger partial charge in [-0.3, -0.25) is 4.79 Å². The highest BCUT2D eigenvalue weighted by Crippen LogP contribution is 2.29. The second-order valence-electron chi connectivity index (χ2n) is 8.06. The second kappa shape index (κ2) is 8.73. The lowest BCUT2D eigenvalue weighted by Crippen LogP contribution is -2.41. The molecule has 1 saturated heterocycles. The van der Waals surface area contributed by atoms with E-state index in [1.807, 2.05) is 42.5 Å². The first kappa shape index (κ1) is 18.9. The smallest absolute Gasteiger partial charge is 0.166 e. The van der Waals surface area contributed by atoms with Gasteiger partial charge in [-0.1, -0.05) is 30.0 Å². The van der Waals surface area contributed by atoms with E-state index in [0.29, 0.717) is 11.8 Å². The Morgan fingerprint density at radius 1 is 0.964 bits per heavy atom.